The minimum absolute atomic E-state index is 0. The Balaban J connectivity index is 0.00000264. The predicted octanol–water partition coefficient (Wildman–Crippen LogP) is 2.47. The quantitative estimate of drug-likeness (QED) is 0.814. The van der Waals surface area contributed by atoms with Gasteiger partial charge >= 0.3 is 0 Å². The van der Waals surface area contributed by atoms with E-state index in [1.165, 1.54) is 0 Å². The second kappa shape index (κ2) is 7.38. The summed E-state index contributed by atoms with van der Waals surface area (Å²) in [6.45, 7) is 8.19. The van der Waals surface area contributed by atoms with Gasteiger partial charge in [0, 0.05) is 18.5 Å². The molecule has 2 rings (SSSR count). The number of halogens is 1. The van der Waals surface area contributed by atoms with Gasteiger partial charge in [-0.1, -0.05) is 13.8 Å². The molecule has 1 aromatic carbocycles. The third kappa shape index (κ3) is 4.83. The molecule has 23 heavy (non-hydrogen) atoms. The summed E-state index contributed by atoms with van der Waals surface area (Å²) in [5, 5.41) is 0. The number of fused-ring (bicyclic) bond motifs is 1. The number of nitrogens with one attached hydrogen (secondary N) is 1. The van der Waals surface area contributed by atoms with Crippen molar-refractivity contribution in [2.75, 3.05) is 6.54 Å². The third-order valence-electron chi connectivity index (χ3n) is 3.87. The lowest BCUT2D eigenvalue weighted by molar-refractivity contribution is 0.254. The Kier molecular flexibility index (Phi) is 6.49. The first kappa shape index (κ1) is 20.2. The van der Waals surface area contributed by atoms with Gasteiger partial charge in [0.05, 0.1) is 4.90 Å². The van der Waals surface area contributed by atoms with E-state index in [0.717, 1.165) is 17.7 Å². The average Bonchev–Trinajstić information content (AvgIpc) is 2.76. The molecule has 7 heteroatoms. The zero-order chi connectivity index (χ0) is 16.5. The molecule has 0 aliphatic carbocycles. The van der Waals surface area contributed by atoms with Crippen molar-refractivity contribution in [3.63, 3.8) is 0 Å². The molecule has 1 aliphatic heterocycles. The maximum Gasteiger partial charge on any atom is 0.241 e. The molecule has 0 bridgehead atoms. The van der Waals surface area contributed by atoms with Gasteiger partial charge in [0.15, 0.2) is 0 Å². The lowest BCUT2D eigenvalue weighted by Gasteiger charge is -2.30. The van der Waals surface area contributed by atoms with Crippen LogP contribution in [-0.4, -0.2) is 26.6 Å². The van der Waals surface area contributed by atoms with Gasteiger partial charge in [-0.25, -0.2) is 13.1 Å². The number of rotatable bonds is 6. The van der Waals surface area contributed by atoms with Crippen molar-refractivity contribution < 1.29 is 13.2 Å². The summed E-state index contributed by atoms with van der Waals surface area (Å²) in [6.07, 6.45) is 1.52. The maximum absolute atomic E-state index is 12.7. The summed E-state index contributed by atoms with van der Waals surface area (Å²) in [7, 11) is -3.60. The van der Waals surface area contributed by atoms with E-state index in [1.54, 1.807) is 18.2 Å². The molecule has 1 heterocycles. The van der Waals surface area contributed by atoms with E-state index in [1.807, 2.05) is 13.8 Å². The van der Waals surface area contributed by atoms with E-state index >= 15 is 0 Å². The van der Waals surface area contributed by atoms with Gasteiger partial charge in [0.25, 0.3) is 0 Å². The van der Waals surface area contributed by atoms with Crippen molar-refractivity contribution in [2.45, 2.75) is 57.1 Å². The molecule has 2 atom stereocenters. The molecule has 1 aromatic rings. The Morgan fingerprint density at radius 3 is 2.65 bits per heavy atom. The smallest absolute Gasteiger partial charge is 0.241 e. The second-order valence-corrected chi connectivity index (χ2v) is 8.55. The van der Waals surface area contributed by atoms with Gasteiger partial charge in [-0.15, -0.1) is 12.4 Å². The number of nitrogens with two attached hydrogens (primary N) is 1. The number of hydrogen-bond donors (Lipinski definition) is 2. The van der Waals surface area contributed by atoms with E-state index < -0.39 is 15.6 Å². The van der Waals surface area contributed by atoms with Crippen LogP contribution in [0.25, 0.3) is 0 Å². The van der Waals surface area contributed by atoms with Crippen LogP contribution >= 0.6 is 12.4 Å². The number of sulfonamides is 1. The average molecular weight is 363 g/mol. The minimum Gasteiger partial charge on any atom is -0.490 e. The highest BCUT2D eigenvalue weighted by Gasteiger charge is 2.31. The van der Waals surface area contributed by atoms with E-state index in [0.29, 0.717) is 12.3 Å². The van der Waals surface area contributed by atoms with Gasteiger partial charge in [-0.3, -0.25) is 0 Å². The SMILES string of the molecule is CC(C)CC(C)(CN)NS(=O)(=O)c1ccc2c(c1)CC(C)O2.Cl. The molecule has 5 nitrogen and oxygen atoms in total. The second-order valence-electron chi connectivity index (χ2n) is 6.87. The van der Waals surface area contributed by atoms with Crippen molar-refractivity contribution in [3.8, 4) is 5.75 Å². The van der Waals surface area contributed by atoms with E-state index in [-0.39, 0.29) is 30.0 Å². The molecule has 0 saturated carbocycles. The van der Waals surface area contributed by atoms with Crippen LogP contribution in [0.4, 0.5) is 0 Å². The summed E-state index contributed by atoms with van der Waals surface area (Å²) < 4.78 is 33.7. The third-order valence-corrected chi connectivity index (χ3v) is 5.50. The highest BCUT2D eigenvalue weighted by Crippen LogP contribution is 2.31. The molecule has 0 saturated heterocycles. The van der Waals surface area contributed by atoms with E-state index in [4.69, 9.17) is 10.5 Å². The minimum atomic E-state index is -3.60. The van der Waals surface area contributed by atoms with Crippen LogP contribution in [0.1, 0.15) is 39.7 Å². The normalized spacial score (nSPS) is 19.7. The van der Waals surface area contributed by atoms with Crippen LogP contribution in [0.15, 0.2) is 23.1 Å². The Hall–Kier alpha value is -0.820. The van der Waals surface area contributed by atoms with Crippen LogP contribution < -0.4 is 15.2 Å². The van der Waals surface area contributed by atoms with Gasteiger partial charge in [-0.2, -0.15) is 0 Å². The van der Waals surface area contributed by atoms with E-state index in [9.17, 15) is 8.42 Å². The van der Waals surface area contributed by atoms with Crippen LogP contribution in [0.5, 0.6) is 5.75 Å². The van der Waals surface area contributed by atoms with Crippen LogP contribution in [0.2, 0.25) is 0 Å². The van der Waals surface area contributed by atoms with Crippen molar-refractivity contribution in [2.24, 2.45) is 11.7 Å². The molecule has 0 fully saturated rings. The highest BCUT2D eigenvalue weighted by atomic mass is 35.5. The van der Waals surface area contributed by atoms with Gasteiger partial charge in [-0.05, 0) is 49.9 Å². The number of ether oxygens (including phenoxy) is 1. The summed E-state index contributed by atoms with van der Waals surface area (Å²) >= 11 is 0. The van der Waals surface area contributed by atoms with Crippen molar-refractivity contribution in [1.29, 1.82) is 0 Å². The molecule has 0 radical (unpaired) electrons. The predicted molar refractivity (Wildman–Crippen MR) is 94.7 cm³/mol. The maximum atomic E-state index is 12.7. The van der Waals surface area contributed by atoms with E-state index in [2.05, 4.69) is 18.6 Å². The fraction of sp³-hybridized carbons (Fsp3) is 0.625. The summed E-state index contributed by atoms with van der Waals surface area (Å²) in [5.74, 6) is 1.13. The largest absolute Gasteiger partial charge is 0.490 e. The first-order valence-electron chi connectivity index (χ1n) is 7.69. The standard InChI is InChI=1S/C16H26N2O3S.ClH/c1-11(2)9-16(4,10-17)18-22(19,20)14-5-6-15-13(8-14)7-12(3)21-15;/h5-6,8,11-12,18H,7,9-10,17H2,1-4H3;1H. The van der Waals surface area contributed by atoms with Crippen molar-refractivity contribution in [1.82, 2.24) is 4.72 Å². The molecule has 0 amide bonds. The lowest BCUT2D eigenvalue weighted by atomic mass is 9.92. The van der Waals surface area contributed by atoms with Crippen LogP contribution in [0.3, 0.4) is 0 Å². The molecule has 0 spiro atoms. The first-order chi connectivity index (χ1) is 10.1. The van der Waals surface area contributed by atoms with Gasteiger partial charge in [0.1, 0.15) is 11.9 Å². The Labute approximate surface area is 145 Å². The van der Waals surface area contributed by atoms with Crippen molar-refractivity contribution >= 4 is 22.4 Å². The molecular weight excluding hydrogens is 336 g/mol. The first-order valence-corrected chi connectivity index (χ1v) is 9.17. The van der Waals surface area contributed by atoms with Gasteiger partial charge < -0.3 is 10.5 Å². The highest BCUT2D eigenvalue weighted by molar-refractivity contribution is 7.89. The molecule has 3 N–H and O–H groups in total. The summed E-state index contributed by atoms with van der Waals surface area (Å²) in [4.78, 5) is 0.271. The molecule has 0 aromatic heterocycles. The Morgan fingerprint density at radius 2 is 2.09 bits per heavy atom. The van der Waals surface area contributed by atoms with Crippen LogP contribution in [-0.2, 0) is 16.4 Å². The zero-order valence-corrected chi connectivity index (χ0v) is 15.8. The Bertz CT molecular complexity index is 649. The number of hydrogen-bond acceptors (Lipinski definition) is 4. The lowest BCUT2D eigenvalue weighted by Crippen LogP contribution is -2.51. The fourth-order valence-corrected chi connectivity index (χ4v) is 4.49. The molecule has 1 aliphatic rings. The topological polar surface area (TPSA) is 81.4 Å². The number of benzene rings is 1. The Morgan fingerprint density at radius 1 is 1.43 bits per heavy atom. The van der Waals surface area contributed by atoms with Gasteiger partial charge in [0.2, 0.25) is 10.0 Å². The van der Waals surface area contributed by atoms with Crippen LogP contribution in [0, 0.1) is 5.92 Å². The molecule has 132 valence electrons. The summed E-state index contributed by atoms with van der Waals surface area (Å²) in [5.41, 5.74) is 6.10. The summed E-state index contributed by atoms with van der Waals surface area (Å²) in [6, 6.07) is 5.02. The zero-order valence-electron chi connectivity index (χ0n) is 14.1. The van der Waals surface area contributed by atoms with Crippen molar-refractivity contribution in [3.05, 3.63) is 23.8 Å². The molecular formula is C16H27ClN2O3S. The molecule has 2 unspecified atom stereocenters. The fourth-order valence-electron chi connectivity index (χ4n) is 3.02. The monoisotopic (exact) mass is 362 g/mol.